The molecule has 0 spiro atoms. The van der Waals surface area contributed by atoms with Crippen LogP contribution in [0.25, 0.3) is 6.08 Å². The van der Waals surface area contributed by atoms with Crippen molar-refractivity contribution in [3.8, 4) is 5.75 Å². The minimum atomic E-state index is -0.467. The van der Waals surface area contributed by atoms with E-state index in [1.54, 1.807) is 43.5 Å². The number of hydrogen-bond donors (Lipinski definition) is 2. The Balaban J connectivity index is 2.01. The van der Waals surface area contributed by atoms with Crippen molar-refractivity contribution >= 4 is 23.2 Å². The van der Waals surface area contributed by atoms with Crippen LogP contribution in [0.2, 0.25) is 0 Å². The van der Waals surface area contributed by atoms with Gasteiger partial charge in [-0.1, -0.05) is 18.2 Å². The van der Waals surface area contributed by atoms with Gasteiger partial charge in [-0.25, -0.2) is 0 Å². The number of rotatable bonds is 3. The Labute approximate surface area is 132 Å². The molecule has 0 bridgehead atoms. The number of carbonyl (C=O) groups is 1. The lowest BCUT2D eigenvalue weighted by molar-refractivity contribution is -0.383. The Bertz CT molecular complexity index is 856. The zero-order valence-electron chi connectivity index (χ0n) is 12.4. The molecular weight excluding hydrogens is 296 g/mol. The van der Waals surface area contributed by atoms with Gasteiger partial charge in [-0.2, -0.15) is 0 Å². The summed E-state index contributed by atoms with van der Waals surface area (Å²) in [6, 6.07) is 9.58. The maximum absolute atomic E-state index is 12.4. The van der Waals surface area contributed by atoms with Crippen LogP contribution in [0.1, 0.15) is 21.5 Å². The van der Waals surface area contributed by atoms with E-state index in [1.165, 1.54) is 6.07 Å². The number of anilines is 1. The monoisotopic (exact) mass is 310 g/mol. The second-order valence-corrected chi connectivity index (χ2v) is 5.26. The van der Waals surface area contributed by atoms with E-state index in [4.69, 9.17) is 0 Å². The number of allylic oxidation sites excluding steroid dienone is 1. The van der Waals surface area contributed by atoms with Gasteiger partial charge in [-0.15, -0.1) is 0 Å². The van der Waals surface area contributed by atoms with Gasteiger partial charge in [-0.05, 0) is 23.8 Å². The van der Waals surface area contributed by atoms with Gasteiger partial charge in [0.2, 0.25) is 0 Å². The number of Topliss-reactive ketones (excluding diaryl/α,β-unsaturated/α-hetero) is 1. The summed E-state index contributed by atoms with van der Waals surface area (Å²) in [6.45, 7) is 0. The quantitative estimate of drug-likeness (QED) is 0.516. The zero-order valence-corrected chi connectivity index (χ0v) is 12.4. The Morgan fingerprint density at radius 3 is 2.74 bits per heavy atom. The number of nitrogens with zero attached hydrogens (tertiary/aromatic N) is 1. The normalized spacial score (nSPS) is 14.8. The van der Waals surface area contributed by atoms with Crippen molar-refractivity contribution in [2.24, 2.45) is 0 Å². The molecule has 2 N–H and O–H groups in total. The van der Waals surface area contributed by atoms with E-state index in [9.17, 15) is 20.0 Å². The number of phenolic OH excluding ortho intramolecular Hbond substituents is 1. The summed E-state index contributed by atoms with van der Waals surface area (Å²) in [6.07, 6.45) is 1.95. The van der Waals surface area contributed by atoms with Crippen LogP contribution >= 0.6 is 0 Å². The Kier molecular flexibility index (Phi) is 3.57. The molecule has 6 nitrogen and oxygen atoms in total. The van der Waals surface area contributed by atoms with E-state index in [0.29, 0.717) is 34.4 Å². The van der Waals surface area contributed by atoms with Crippen molar-refractivity contribution in [2.75, 3.05) is 12.4 Å². The van der Waals surface area contributed by atoms with Gasteiger partial charge in [0.25, 0.3) is 5.69 Å². The summed E-state index contributed by atoms with van der Waals surface area (Å²) in [5.74, 6) is -0.0630. The number of nitro benzene ring substituents is 1. The van der Waals surface area contributed by atoms with Crippen LogP contribution in [0.15, 0.2) is 42.0 Å². The first-order chi connectivity index (χ1) is 11.0. The third-order valence-corrected chi connectivity index (χ3v) is 3.88. The second-order valence-electron chi connectivity index (χ2n) is 5.26. The molecule has 1 aliphatic rings. The second kappa shape index (κ2) is 5.57. The largest absolute Gasteiger partial charge is 0.508 e. The number of ketones is 1. The van der Waals surface area contributed by atoms with Gasteiger partial charge in [-0.3, -0.25) is 14.9 Å². The smallest absolute Gasteiger partial charge is 0.292 e. The fraction of sp³-hybridized carbons (Fsp3) is 0.118. The minimum Gasteiger partial charge on any atom is -0.508 e. The highest BCUT2D eigenvalue weighted by atomic mass is 16.6. The molecule has 1 aliphatic carbocycles. The number of phenols is 1. The van der Waals surface area contributed by atoms with Gasteiger partial charge < -0.3 is 10.4 Å². The Hall–Kier alpha value is -3.15. The molecule has 0 aromatic heterocycles. The van der Waals surface area contributed by atoms with Gasteiger partial charge in [0.15, 0.2) is 5.78 Å². The molecule has 3 rings (SSSR count). The van der Waals surface area contributed by atoms with Crippen LogP contribution in [-0.2, 0) is 6.42 Å². The molecule has 0 saturated carbocycles. The van der Waals surface area contributed by atoms with Crippen molar-refractivity contribution in [2.45, 2.75) is 6.42 Å². The predicted octanol–water partition coefficient (Wildman–Crippen LogP) is 3.16. The average molecular weight is 310 g/mol. The first-order valence-corrected chi connectivity index (χ1v) is 7.03. The summed E-state index contributed by atoms with van der Waals surface area (Å²) in [5, 5.41) is 23.7. The van der Waals surface area contributed by atoms with Crippen LogP contribution in [-0.4, -0.2) is 22.9 Å². The van der Waals surface area contributed by atoms with Gasteiger partial charge >= 0.3 is 0 Å². The molecule has 6 heteroatoms. The van der Waals surface area contributed by atoms with E-state index >= 15 is 0 Å². The van der Waals surface area contributed by atoms with Crippen molar-refractivity contribution in [1.29, 1.82) is 0 Å². The highest BCUT2D eigenvalue weighted by Crippen LogP contribution is 2.34. The number of carbonyl (C=O) groups excluding carboxylic acids is 1. The number of fused-ring (bicyclic) bond motifs is 1. The average Bonchev–Trinajstić information content (AvgIpc) is 2.85. The topological polar surface area (TPSA) is 92.5 Å². The molecule has 0 heterocycles. The van der Waals surface area contributed by atoms with Crippen molar-refractivity contribution in [3.63, 3.8) is 0 Å². The lowest BCUT2D eigenvalue weighted by Crippen LogP contribution is -1.98. The lowest BCUT2D eigenvalue weighted by Gasteiger charge is -2.03. The Morgan fingerprint density at radius 2 is 2.09 bits per heavy atom. The minimum absolute atomic E-state index is 0.0485. The lowest BCUT2D eigenvalue weighted by atomic mass is 10.1. The number of nitro groups is 1. The predicted molar refractivity (Wildman–Crippen MR) is 86.8 cm³/mol. The Morgan fingerprint density at radius 1 is 1.30 bits per heavy atom. The summed E-state index contributed by atoms with van der Waals surface area (Å²) in [7, 11) is 1.61. The number of nitrogens with one attached hydrogen (secondary N) is 1. The van der Waals surface area contributed by atoms with Gasteiger partial charge in [0.1, 0.15) is 11.4 Å². The number of aromatic hydroxyl groups is 1. The van der Waals surface area contributed by atoms with Crippen LogP contribution in [0.3, 0.4) is 0 Å². The van der Waals surface area contributed by atoms with E-state index < -0.39 is 4.92 Å². The standard InChI is InChI=1S/C17H14N2O4/c1-18-14-6-5-10(8-15(14)19(22)23)7-11-9-13-12(17(11)21)3-2-4-16(13)20/h2-8,18,20H,9H2,1H3/b11-7+. The number of hydrogen-bond acceptors (Lipinski definition) is 5. The van der Waals surface area contributed by atoms with Crippen LogP contribution in [0, 0.1) is 10.1 Å². The maximum atomic E-state index is 12.4. The molecule has 2 aromatic rings. The highest BCUT2D eigenvalue weighted by molar-refractivity contribution is 6.16. The first-order valence-electron chi connectivity index (χ1n) is 7.03. The third-order valence-electron chi connectivity index (χ3n) is 3.88. The molecule has 0 saturated heterocycles. The summed E-state index contributed by atoms with van der Waals surface area (Å²) in [4.78, 5) is 23.0. The molecule has 2 aromatic carbocycles. The maximum Gasteiger partial charge on any atom is 0.292 e. The fourth-order valence-corrected chi connectivity index (χ4v) is 2.74. The molecule has 23 heavy (non-hydrogen) atoms. The molecule has 0 unspecified atom stereocenters. The molecule has 116 valence electrons. The molecule has 0 amide bonds. The number of benzene rings is 2. The fourth-order valence-electron chi connectivity index (χ4n) is 2.74. The van der Waals surface area contributed by atoms with Gasteiger partial charge in [0.05, 0.1) is 4.92 Å². The van der Waals surface area contributed by atoms with E-state index in [0.717, 1.165) is 0 Å². The molecule has 0 atom stereocenters. The summed E-state index contributed by atoms with van der Waals surface area (Å²) >= 11 is 0. The van der Waals surface area contributed by atoms with Crippen molar-refractivity contribution in [1.82, 2.24) is 0 Å². The SMILES string of the molecule is CNc1ccc(/C=C2\Cc3c(O)cccc3C2=O)cc1[N+](=O)[O-]. The van der Waals surface area contributed by atoms with Crippen LogP contribution in [0.5, 0.6) is 5.75 Å². The first kappa shape index (κ1) is 14.8. The molecular formula is C17H14N2O4. The van der Waals surface area contributed by atoms with Crippen LogP contribution < -0.4 is 5.32 Å². The van der Waals surface area contributed by atoms with Crippen LogP contribution in [0.4, 0.5) is 11.4 Å². The molecule has 0 radical (unpaired) electrons. The van der Waals surface area contributed by atoms with Gasteiger partial charge in [0, 0.05) is 36.2 Å². The van der Waals surface area contributed by atoms with E-state index in [1.807, 2.05) is 0 Å². The molecule has 0 fully saturated rings. The van der Waals surface area contributed by atoms with Crippen molar-refractivity contribution < 1.29 is 14.8 Å². The van der Waals surface area contributed by atoms with E-state index in [-0.39, 0.29) is 17.2 Å². The summed E-state index contributed by atoms with van der Waals surface area (Å²) < 4.78 is 0. The zero-order chi connectivity index (χ0) is 16.6. The van der Waals surface area contributed by atoms with Crippen molar-refractivity contribution in [3.05, 3.63) is 68.8 Å². The third kappa shape index (κ3) is 2.55. The highest BCUT2D eigenvalue weighted by Gasteiger charge is 2.27. The van der Waals surface area contributed by atoms with E-state index in [2.05, 4.69) is 5.32 Å². The summed E-state index contributed by atoms with van der Waals surface area (Å²) in [5.41, 5.74) is 2.53. The molecule has 0 aliphatic heterocycles.